The first-order chi connectivity index (χ1) is 13.9. The van der Waals surface area contributed by atoms with E-state index in [2.05, 4.69) is 20.9 Å². The van der Waals surface area contributed by atoms with E-state index in [1.54, 1.807) is 17.0 Å². The lowest BCUT2D eigenvalue weighted by atomic mass is 9.98. The van der Waals surface area contributed by atoms with Gasteiger partial charge < -0.3 is 4.42 Å². The number of nitrogens with zero attached hydrogens (tertiary/aromatic N) is 2. The van der Waals surface area contributed by atoms with Gasteiger partial charge >= 0.3 is 0 Å². The van der Waals surface area contributed by atoms with Gasteiger partial charge in [0, 0.05) is 9.85 Å². The normalized spacial score (nSPS) is 15.9. The fourth-order valence-electron chi connectivity index (χ4n) is 3.73. The molecule has 7 heteroatoms. The second-order valence-corrected chi connectivity index (χ2v) is 8.83. The Morgan fingerprint density at radius 3 is 2.69 bits per heavy atom. The van der Waals surface area contributed by atoms with Gasteiger partial charge in [0.2, 0.25) is 5.76 Å². The van der Waals surface area contributed by atoms with Crippen molar-refractivity contribution in [1.82, 2.24) is 4.98 Å². The van der Waals surface area contributed by atoms with Gasteiger partial charge in [-0.15, -0.1) is 11.3 Å². The van der Waals surface area contributed by atoms with Crippen LogP contribution >= 0.6 is 27.3 Å². The topological polar surface area (TPSA) is 63.4 Å². The number of hydrogen-bond donors (Lipinski definition) is 0. The molecule has 0 unspecified atom stereocenters. The molecule has 0 fully saturated rings. The predicted molar refractivity (Wildman–Crippen MR) is 117 cm³/mol. The minimum absolute atomic E-state index is 0.0872. The molecule has 0 N–H and O–H groups in total. The molecule has 1 aliphatic heterocycles. The van der Waals surface area contributed by atoms with Crippen LogP contribution in [0.2, 0.25) is 0 Å². The predicted octanol–water partition coefficient (Wildman–Crippen LogP) is 5.38. The number of anilines is 1. The highest BCUT2D eigenvalue weighted by atomic mass is 79.9. The maximum Gasteiger partial charge on any atom is 0.297 e. The van der Waals surface area contributed by atoms with Crippen LogP contribution in [0.15, 0.2) is 61.5 Å². The molecule has 0 radical (unpaired) electrons. The third-order valence-corrected chi connectivity index (χ3v) is 6.45. The van der Waals surface area contributed by atoms with Crippen molar-refractivity contribution in [2.24, 2.45) is 0 Å². The first-order valence-corrected chi connectivity index (χ1v) is 10.7. The molecule has 0 spiro atoms. The van der Waals surface area contributed by atoms with E-state index in [9.17, 15) is 9.59 Å². The summed E-state index contributed by atoms with van der Waals surface area (Å²) in [4.78, 5) is 33.0. The highest BCUT2D eigenvalue weighted by molar-refractivity contribution is 9.10. The maximum absolute atomic E-state index is 13.5. The van der Waals surface area contributed by atoms with Gasteiger partial charge in [0.1, 0.15) is 5.58 Å². The number of benzene rings is 2. The van der Waals surface area contributed by atoms with Crippen LogP contribution < -0.4 is 10.3 Å². The molecular formula is C22H15BrN2O3S. The molecule has 0 bridgehead atoms. The van der Waals surface area contributed by atoms with E-state index >= 15 is 0 Å². The van der Waals surface area contributed by atoms with Gasteiger partial charge in [-0.2, -0.15) is 0 Å². The van der Waals surface area contributed by atoms with E-state index < -0.39 is 6.04 Å². The first-order valence-electron chi connectivity index (χ1n) is 9.02. The molecular weight excluding hydrogens is 452 g/mol. The second-order valence-electron chi connectivity index (χ2n) is 7.08. The molecule has 1 atom stereocenters. The van der Waals surface area contributed by atoms with Gasteiger partial charge in [-0.25, -0.2) is 4.98 Å². The van der Waals surface area contributed by atoms with Crippen LogP contribution in [0.25, 0.3) is 11.0 Å². The monoisotopic (exact) mass is 466 g/mol. The van der Waals surface area contributed by atoms with E-state index in [0.29, 0.717) is 21.7 Å². The quantitative estimate of drug-likeness (QED) is 0.397. The molecule has 0 aliphatic carbocycles. The largest absolute Gasteiger partial charge is 0.450 e. The summed E-state index contributed by atoms with van der Waals surface area (Å²) in [6.07, 6.45) is 0. The molecule has 3 heterocycles. The van der Waals surface area contributed by atoms with Crippen molar-refractivity contribution in [3.63, 3.8) is 0 Å². The van der Waals surface area contributed by atoms with E-state index in [1.165, 1.54) is 11.3 Å². The number of amides is 1. The highest BCUT2D eigenvalue weighted by Crippen LogP contribution is 2.42. The molecule has 5 nitrogen and oxygen atoms in total. The summed E-state index contributed by atoms with van der Waals surface area (Å²) in [6.45, 7) is 3.80. The van der Waals surface area contributed by atoms with Gasteiger partial charge in [0.15, 0.2) is 10.6 Å². The van der Waals surface area contributed by atoms with Crippen LogP contribution in [0.5, 0.6) is 0 Å². The lowest BCUT2D eigenvalue weighted by molar-refractivity contribution is 0.0971. The van der Waals surface area contributed by atoms with Crippen LogP contribution in [0.3, 0.4) is 0 Å². The van der Waals surface area contributed by atoms with Crippen LogP contribution in [-0.2, 0) is 0 Å². The Labute approximate surface area is 178 Å². The van der Waals surface area contributed by atoms with Crippen molar-refractivity contribution in [3.8, 4) is 0 Å². The van der Waals surface area contributed by atoms with Crippen molar-refractivity contribution in [1.29, 1.82) is 0 Å². The molecule has 0 saturated carbocycles. The van der Waals surface area contributed by atoms with Crippen molar-refractivity contribution in [3.05, 3.63) is 90.7 Å². The van der Waals surface area contributed by atoms with E-state index in [1.807, 2.05) is 49.6 Å². The van der Waals surface area contributed by atoms with E-state index in [4.69, 9.17) is 4.42 Å². The zero-order valence-electron chi connectivity index (χ0n) is 15.6. The summed E-state index contributed by atoms with van der Waals surface area (Å²) in [5.41, 5.74) is 3.19. The minimum Gasteiger partial charge on any atom is -0.450 e. The van der Waals surface area contributed by atoms with Crippen molar-refractivity contribution in [2.75, 3.05) is 4.90 Å². The summed E-state index contributed by atoms with van der Waals surface area (Å²) >= 11 is 4.87. The zero-order valence-corrected chi connectivity index (χ0v) is 18.0. The Morgan fingerprint density at radius 1 is 1.14 bits per heavy atom. The Bertz CT molecular complexity index is 1360. The summed E-state index contributed by atoms with van der Waals surface area (Å²) in [5, 5.41) is 2.91. The summed E-state index contributed by atoms with van der Waals surface area (Å²) in [5.74, 6) is -0.261. The number of thiazole rings is 1. The number of carbonyl (C=O) groups excluding carboxylic acids is 1. The number of carbonyl (C=O) groups is 1. The molecule has 4 aromatic rings. The molecule has 2 aromatic carbocycles. The second kappa shape index (κ2) is 6.64. The van der Waals surface area contributed by atoms with Crippen molar-refractivity contribution in [2.45, 2.75) is 19.9 Å². The zero-order chi connectivity index (χ0) is 20.3. The third-order valence-electron chi connectivity index (χ3n) is 5.00. The van der Waals surface area contributed by atoms with Crippen LogP contribution in [0, 0.1) is 13.8 Å². The standard InChI is InChI=1S/C22H15BrN2O3S/c1-11-6-7-16-15(8-11)19(26)17-18(13-4-3-5-14(23)9-13)25(21(27)20(17)28-16)22-24-12(2)10-29-22/h3-10,18H,1-2H3/t18-/m0/s1. The first kappa shape index (κ1) is 18.3. The van der Waals surface area contributed by atoms with Gasteiger partial charge in [-0.3, -0.25) is 14.5 Å². The Morgan fingerprint density at radius 2 is 1.97 bits per heavy atom. The molecule has 29 heavy (non-hydrogen) atoms. The Hall–Kier alpha value is -2.77. The molecule has 1 amide bonds. The number of rotatable bonds is 2. The average Bonchev–Trinajstić information content (AvgIpc) is 3.24. The molecule has 2 aromatic heterocycles. The van der Waals surface area contributed by atoms with Crippen LogP contribution in [-0.4, -0.2) is 10.9 Å². The summed E-state index contributed by atoms with van der Waals surface area (Å²) < 4.78 is 6.83. The van der Waals surface area contributed by atoms with Crippen LogP contribution in [0.1, 0.15) is 39.0 Å². The Kier molecular flexibility index (Phi) is 4.18. The van der Waals surface area contributed by atoms with Gasteiger partial charge in [-0.05, 0) is 43.7 Å². The van der Waals surface area contributed by atoms with E-state index in [-0.39, 0.29) is 17.1 Å². The fourth-order valence-corrected chi connectivity index (χ4v) is 4.97. The van der Waals surface area contributed by atoms with Gasteiger partial charge in [0.25, 0.3) is 5.91 Å². The fraction of sp³-hybridized carbons (Fsp3) is 0.136. The van der Waals surface area contributed by atoms with E-state index in [0.717, 1.165) is 21.3 Å². The minimum atomic E-state index is -0.596. The number of aromatic nitrogens is 1. The number of hydrogen-bond acceptors (Lipinski definition) is 5. The lowest BCUT2D eigenvalue weighted by Gasteiger charge is -2.22. The lowest BCUT2D eigenvalue weighted by Crippen LogP contribution is -2.29. The van der Waals surface area contributed by atoms with Crippen molar-refractivity contribution < 1.29 is 9.21 Å². The molecule has 1 aliphatic rings. The third kappa shape index (κ3) is 2.84. The summed E-state index contributed by atoms with van der Waals surface area (Å²) in [7, 11) is 0. The summed E-state index contributed by atoms with van der Waals surface area (Å²) in [6, 6.07) is 12.4. The molecule has 144 valence electrons. The average molecular weight is 467 g/mol. The maximum atomic E-state index is 13.5. The number of halogens is 1. The van der Waals surface area contributed by atoms with Gasteiger partial charge in [0.05, 0.1) is 22.7 Å². The number of aryl methyl sites for hydroxylation is 2. The van der Waals surface area contributed by atoms with Gasteiger partial charge in [-0.1, -0.05) is 39.7 Å². The van der Waals surface area contributed by atoms with Crippen molar-refractivity contribution >= 4 is 49.3 Å². The number of fused-ring (bicyclic) bond motifs is 2. The van der Waals surface area contributed by atoms with Crippen LogP contribution in [0.4, 0.5) is 5.13 Å². The highest BCUT2D eigenvalue weighted by Gasteiger charge is 2.44. The molecule has 5 rings (SSSR count). The molecule has 0 saturated heterocycles. The Balaban J connectivity index is 1.84. The smallest absolute Gasteiger partial charge is 0.297 e. The SMILES string of the molecule is Cc1ccc2oc3c(c(=O)c2c1)[C@H](c1cccc(Br)c1)N(c1nc(C)cs1)C3=O.